The molecule has 0 aliphatic carbocycles. The summed E-state index contributed by atoms with van der Waals surface area (Å²) in [5.74, 6) is -1.16. The Labute approximate surface area is 76.7 Å². The lowest BCUT2D eigenvalue weighted by Gasteiger charge is -2.08. The molecule has 14 heavy (non-hydrogen) atoms. The predicted molar refractivity (Wildman–Crippen MR) is 39.7 cm³/mol. The lowest BCUT2D eigenvalue weighted by molar-refractivity contribution is -0.276. The molecule has 78 valence electrons. The third kappa shape index (κ3) is 2.96. The monoisotopic (exact) mass is 209 g/mol. The predicted octanol–water partition coefficient (Wildman–Crippen LogP) is 0.966. The van der Waals surface area contributed by atoms with Gasteiger partial charge < -0.3 is 15.2 Å². The molecular weight excluding hydrogens is 203 g/mol. The third-order valence-electron chi connectivity index (χ3n) is 1.13. The Balaban J connectivity index is 2.92. The molecule has 0 radical (unpaired) electrons. The summed E-state index contributed by atoms with van der Waals surface area (Å²) in [5, 5.41) is 0. The maximum Gasteiger partial charge on any atom is 0.574 e. The summed E-state index contributed by atoms with van der Waals surface area (Å²) in [4.78, 5) is 6.69. The highest BCUT2D eigenvalue weighted by molar-refractivity contribution is 5.29. The lowest BCUT2D eigenvalue weighted by atomic mass is 10.6. The fourth-order valence-corrected chi connectivity index (χ4v) is 0.696. The molecule has 0 aliphatic heterocycles. The molecule has 0 saturated heterocycles. The van der Waals surface area contributed by atoms with Gasteiger partial charge in [-0.2, -0.15) is 9.97 Å². The molecule has 1 aromatic heterocycles. The summed E-state index contributed by atoms with van der Waals surface area (Å²) in [5.41, 5.74) is 5.10. The first-order valence-electron chi connectivity index (χ1n) is 3.35. The van der Waals surface area contributed by atoms with Gasteiger partial charge in [0.25, 0.3) is 0 Å². The molecule has 2 N–H and O–H groups in total. The van der Waals surface area contributed by atoms with Gasteiger partial charge in [-0.15, -0.1) is 13.2 Å². The van der Waals surface area contributed by atoms with Gasteiger partial charge in [-0.3, -0.25) is 0 Å². The SMILES string of the molecule is COc1cc(OC(F)(F)F)nc(N)n1. The number of nitrogen functional groups attached to an aromatic ring is 1. The van der Waals surface area contributed by atoms with E-state index in [4.69, 9.17) is 5.73 Å². The van der Waals surface area contributed by atoms with Gasteiger partial charge in [0, 0.05) is 0 Å². The van der Waals surface area contributed by atoms with Gasteiger partial charge >= 0.3 is 6.36 Å². The number of ether oxygens (including phenoxy) is 2. The second-order valence-corrected chi connectivity index (χ2v) is 2.15. The first kappa shape index (κ1) is 10.4. The van der Waals surface area contributed by atoms with E-state index in [0.717, 1.165) is 6.07 Å². The van der Waals surface area contributed by atoms with Gasteiger partial charge in [-0.25, -0.2) is 0 Å². The molecule has 5 nitrogen and oxygen atoms in total. The molecule has 0 spiro atoms. The third-order valence-corrected chi connectivity index (χ3v) is 1.13. The molecule has 0 bridgehead atoms. The van der Waals surface area contributed by atoms with Crippen molar-refractivity contribution < 1.29 is 22.6 Å². The zero-order valence-electron chi connectivity index (χ0n) is 7.00. The van der Waals surface area contributed by atoms with Crippen molar-refractivity contribution in [1.82, 2.24) is 9.97 Å². The van der Waals surface area contributed by atoms with Crippen LogP contribution in [0.2, 0.25) is 0 Å². The van der Waals surface area contributed by atoms with Crippen molar-refractivity contribution in [2.75, 3.05) is 12.8 Å². The minimum absolute atomic E-state index is 0.100. The van der Waals surface area contributed by atoms with Crippen LogP contribution in [0.15, 0.2) is 6.07 Å². The van der Waals surface area contributed by atoms with Crippen molar-refractivity contribution in [3.05, 3.63) is 6.07 Å². The molecule has 0 atom stereocenters. The fraction of sp³-hybridized carbons (Fsp3) is 0.333. The Bertz CT molecular complexity index is 329. The second-order valence-electron chi connectivity index (χ2n) is 2.15. The van der Waals surface area contributed by atoms with Crippen LogP contribution in [0.3, 0.4) is 0 Å². The van der Waals surface area contributed by atoms with Crippen LogP contribution in [-0.2, 0) is 0 Å². The molecule has 0 saturated carbocycles. The first-order valence-corrected chi connectivity index (χ1v) is 3.35. The van der Waals surface area contributed by atoms with Crippen LogP contribution >= 0.6 is 0 Å². The number of alkyl halides is 3. The fourth-order valence-electron chi connectivity index (χ4n) is 0.696. The van der Waals surface area contributed by atoms with Gasteiger partial charge in [-0.1, -0.05) is 0 Å². The smallest absolute Gasteiger partial charge is 0.481 e. The summed E-state index contributed by atoms with van der Waals surface area (Å²) < 4.78 is 43.3. The summed E-state index contributed by atoms with van der Waals surface area (Å²) >= 11 is 0. The minimum Gasteiger partial charge on any atom is -0.481 e. The topological polar surface area (TPSA) is 70.3 Å². The quantitative estimate of drug-likeness (QED) is 0.785. The molecule has 0 fully saturated rings. The van der Waals surface area contributed by atoms with Crippen LogP contribution < -0.4 is 15.2 Å². The van der Waals surface area contributed by atoms with Crippen molar-refractivity contribution in [1.29, 1.82) is 0 Å². The Morgan fingerprint density at radius 1 is 1.29 bits per heavy atom. The second kappa shape index (κ2) is 3.56. The van der Waals surface area contributed by atoms with Crippen LogP contribution in [0.4, 0.5) is 19.1 Å². The van der Waals surface area contributed by atoms with Crippen molar-refractivity contribution in [3.63, 3.8) is 0 Å². The number of nitrogens with two attached hydrogens (primary N) is 1. The average molecular weight is 209 g/mol. The van der Waals surface area contributed by atoms with E-state index in [1.807, 2.05) is 0 Å². The Morgan fingerprint density at radius 2 is 1.86 bits per heavy atom. The maximum absolute atomic E-state index is 11.7. The van der Waals surface area contributed by atoms with Crippen LogP contribution in [0, 0.1) is 0 Å². The lowest BCUT2D eigenvalue weighted by Crippen LogP contribution is -2.18. The molecular formula is C6H6F3N3O2. The molecule has 0 aromatic carbocycles. The van der Waals surface area contributed by atoms with Crippen LogP contribution in [0.5, 0.6) is 11.8 Å². The van der Waals surface area contributed by atoms with E-state index in [1.54, 1.807) is 0 Å². The highest BCUT2D eigenvalue weighted by atomic mass is 19.4. The number of hydrogen-bond acceptors (Lipinski definition) is 5. The zero-order valence-corrected chi connectivity index (χ0v) is 7.00. The van der Waals surface area contributed by atoms with Gasteiger partial charge in [0.15, 0.2) is 0 Å². The summed E-state index contributed by atoms with van der Waals surface area (Å²) in [7, 11) is 1.24. The Kier molecular flexibility index (Phi) is 2.63. The van der Waals surface area contributed by atoms with Gasteiger partial charge in [0.05, 0.1) is 13.2 Å². The van der Waals surface area contributed by atoms with E-state index < -0.39 is 12.2 Å². The van der Waals surface area contributed by atoms with Crippen molar-refractivity contribution in [2.45, 2.75) is 6.36 Å². The molecule has 0 amide bonds. The largest absolute Gasteiger partial charge is 0.574 e. The highest BCUT2D eigenvalue weighted by Crippen LogP contribution is 2.23. The number of rotatable bonds is 2. The summed E-state index contributed by atoms with van der Waals surface area (Å²) in [6.07, 6.45) is -4.81. The van der Waals surface area contributed by atoms with Crippen molar-refractivity contribution >= 4 is 5.95 Å². The zero-order chi connectivity index (χ0) is 10.8. The van der Waals surface area contributed by atoms with E-state index >= 15 is 0 Å². The van der Waals surface area contributed by atoms with E-state index in [-0.39, 0.29) is 11.8 Å². The summed E-state index contributed by atoms with van der Waals surface area (Å²) in [6, 6.07) is 0.879. The molecule has 1 rings (SSSR count). The van der Waals surface area contributed by atoms with Gasteiger partial charge in [-0.05, 0) is 0 Å². The number of hydrogen-bond donors (Lipinski definition) is 1. The molecule has 0 aliphatic rings. The van der Waals surface area contributed by atoms with Crippen LogP contribution in [0.25, 0.3) is 0 Å². The highest BCUT2D eigenvalue weighted by Gasteiger charge is 2.32. The van der Waals surface area contributed by atoms with E-state index in [9.17, 15) is 13.2 Å². The normalized spacial score (nSPS) is 11.1. The molecule has 1 heterocycles. The molecule has 1 aromatic rings. The first-order chi connectivity index (χ1) is 6.40. The summed E-state index contributed by atoms with van der Waals surface area (Å²) in [6.45, 7) is 0. The van der Waals surface area contributed by atoms with Crippen molar-refractivity contribution in [2.24, 2.45) is 0 Å². The van der Waals surface area contributed by atoms with E-state index in [1.165, 1.54) is 7.11 Å². The average Bonchev–Trinajstić information content (AvgIpc) is 1.99. The van der Waals surface area contributed by atoms with Gasteiger partial charge in [0.1, 0.15) is 0 Å². The maximum atomic E-state index is 11.7. The number of halogens is 3. The minimum atomic E-state index is -4.81. The number of methoxy groups -OCH3 is 1. The van der Waals surface area contributed by atoms with Crippen LogP contribution in [0.1, 0.15) is 0 Å². The van der Waals surface area contributed by atoms with E-state index in [0.29, 0.717) is 0 Å². The van der Waals surface area contributed by atoms with Crippen LogP contribution in [-0.4, -0.2) is 23.4 Å². The Morgan fingerprint density at radius 3 is 2.36 bits per heavy atom. The standard InChI is InChI=1S/C6H6F3N3O2/c1-13-3-2-4(12-5(10)11-3)14-6(7,8)9/h2H,1H3,(H2,10,11,12). The number of nitrogens with zero attached hydrogens (tertiary/aromatic N) is 2. The van der Waals surface area contributed by atoms with E-state index in [2.05, 4.69) is 19.4 Å². The van der Waals surface area contributed by atoms with Gasteiger partial charge in [0.2, 0.25) is 17.7 Å². The number of aromatic nitrogens is 2. The molecule has 0 unspecified atom stereocenters. The molecule has 8 heteroatoms. The van der Waals surface area contributed by atoms with Crippen molar-refractivity contribution in [3.8, 4) is 11.8 Å². The number of anilines is 1. The Hall–Kier alpha value is -1.73.